The van der Waals surface area contributed by atoms with Gasteiger partial charge in [0.25, 0.3) is 0 Å². The average molecular weight is 232 g/mol. The Kier molecular flexibility index (Phi) is 101. The van der Waals surface area contributed by atoms with E-state index < -0.39 is 11.9 Å². The molecule has 0 radical (unpaired) electrons. The Morgan fingerprint density at radius 3 is 0.875 bits per heavy atom. The molecule has 0 aromatic heterocycles. The van der Waals surface area contributed by atoms with Crippen molar-refractivity contribution in [2.24, 2.45) is 0 Å². The molecule has 0 atom stereocenters. The first-order valence-electron chi connectivity index (χ1n) is 3.18. The van der Waals surface area contributed by atoms with Gasteiger partial charge in [-0.05, 0) is 26.9 Å². The Labute approximate surface area is 93.3 Å². The molecule has 0 bridgehead atoms. The van der Waals surface area contributed by atoms with E-state index in [1.165, 1.54) is 0 Å². The lowest BCUT2D eigenvalue weighted by atomic mass is 10.5. The van der Waals surface area contributed by atoms with Crippen molar-refractivity contribution in [3.05, 3.63) is 12.2 Å². The van der Waals surface area contributed by atoms with E-state index in [4.69, 9.17) is 31.9 Å². The molecule has 0 fully saturated rings. The van der Waals surface area contributed by atoms with Crippen LogP contribution in [0.15, 0.2) is 12.2 Å². The molecule has 0 amide bonds. The van der Waals surface area contributed by atoms with E-state index in [0.29, 0.717) is 12.2 Å². The number of hydrogen-bond donors (Lipinski definition) is 6. The van der Waals surface area contributed by atoms with Crippen LogP contribution in [0.4, 0.5) is 0 Å². The standard InChI is InChI=1S/C4H4O4.4CH3N/c5-3(6)1-2-4(7)8;4*1-2/h1-2H,(H,5,6)(H,7,8);4*2H,1H2/b2-1+;;;;. The molecule has 92 valence electrons. The number of carboxylic acids is 2. The van der Waals surface area contributed by atoms with Gasteiger partial charge in [-0.15, -0.1) is 0 Å². The van der Waals surface area contributed by atoms with Crippen molar-refractivity contribution in [1.29, 1.82) is 21.6 Å². The Bertz CT molecular complexity index is 172. The summed E-state index contributed by atoms with van der Waals surface area (Å²) in [7, 11) is 0. The largest absolute Gasteiger partial charge is 0.478 e. The van der Waals surface area contributed by atoms with Crippen molar-refractivity contribution >= 4 is 38.8 Å². The zero-order valence-corrected chi connectivity index (χ0v) is 8.69. The molecular formula is C8H16N4O4. The second-order valence-corrected chi connectivity index (χ2v) is 1.01. The summed E-state index contributed by atoms with van der Waals surface area (Å²) in [5.41, 5.74) is 0. The highest BCUT2D eigenvalue weighted by atomic mass is 16.4. The smallest absolute Gasteiger partial charge is 0.328 e. The molecule has 0 unspecified atom stereocenters. The minimum atomic E-state index is -1.26. The number of aliphatic carboxylic acids is 2. The normalized spacial score (nSPS) is 5.75. The Morgan fingerprint density at radius 1 is 0.688 bits per heavy atom. The number of carbonyl (C=O) groups is 2. The summed E-state index contributed by atoms with van der Waals surface area (Å²) >= 11 is 0. The molecule has 0 saturated heterocycles. The summed E-state index contributed by atoms with van der Waals surface area (Å²) in [6, 6.07) is 0. The molecule has 0 aliphatic rings. The molecule has 0 heterocycles. The van der Waals surface area contributed by atoms with Crippen molar-refractivity contribution in [2.45, 2.75) is 0 Å². The quantitative estimate of drug-likeness (QED) is 0.305. The molecule has 0 saturated carbocycles. The van der Waals surface area contributed by atoms with Gasteiger partial charge in [-0.2, -0.15) is 0 Å². The fourth-order valence-electron chi connectivity index (χ4n) is 0.143. The average Bonchev–Trinajstić information content (AvgIpc) is 2.36. The first-order chi connectivity index (χ1) is 7.63. The van der Waals surface area contributed by atoms with Gasteiger partial charge in [-0.1, -0.05) is 0 Å². The number of rotatable bonds is 2. The lowest BCUT2D eigenvalue weighted by Crippen LogP contribution is -1.91. The summed E-state index contributed by atoms with van der Waals surface area (Å²) in [5.74, 6) is -2.51. The maximum atomic E-state index is 9.55. The van der Waals surface area contributed by atoms with E-state index in [0.717, 1.165) is 0 Å². The van der Waals surface area contributed by atoms with Crippen LogP contribution >= 0.6 is 0 Å². The van der Waals surface area contributed by atoms with Crippen LogP contribution in [0, 0.1) is 21.6 Å². The molecule has 0 aromatic carbocycles. The van der Waals surface area contributed by atoms with E-state index in [1.807, 2.05) is 0 Å². The first-order valence-corrected chi connectivity index (χ1v) is 3.18. The summed E-state index contributed by atoms with van der Waals surface area (Å²) in [6.07, 6.45) is 1.12. The highest BCUT2D eigenvalue weighted by Gasteiger charge is 1.88. The molecular weight excluding hydrogens is 216 g/mol. The van der Waals surface area contributed by atoms with Gasteiger partial charge in [0, 0.05) is 12.2 Å². The molecule has 8 nitrogen and oxygen atoms in total. The van der Waals surface area contributed by atoms with Gasteiger partial charge < -0.3 is 31.9 Å². The molecule has 0 aliphatic heterocycles. The molecule has 0 aromatic rings. The minimum Gasteiger partial charge on any atom is -0.478 e. The monoisotopic (exact) mass is 232 g/mol. The summed E-state index contributed by atoms with van der Waals surface area (Å²) in [5, 5.41) is 37.6. The number of carboxylic acid groups (broad SMARTS) is 2. The third-order valence-electron chi connectivity index (χ3n) is 0.368. The van der Waals surface area contributed by atoms with Crippen LogP contribution in [0.1, 0.15) is 0 Å². The molecule has 0 aliphatic carbocycles. The van der Waals surface area contributed by atoms with Crippen LogP contribution in [0.3, 0.4) is 0 Å². The van der Waals surface area contributed by atoms with Gasteiger partial charge in [0.15, 0.2) is 0 Å². The Hall–Kier alpha value is -2.64. The van der Waals surface area contributed by atoms with Crippen molar-refractivity contribution in [3.63, 3.8) is 0 Å². The van der Waals surface area contributed by atoms with E-state index in [-0.39, 0.29) is 0 Å². The van der Waals surface area contributed by atoms with Gasteiger partial charge in [-0.3, -0.25) is 0 Å². The second-order valence-electron chi connectivity index (χ2n) is 1.01. The van der Waals surface area contributed by atoms with Crippen molar-refractivity contribution < 1.29 is 19.8 Å². The highest BCUT2D eigenvalue weighted by molar-refractivity contribution is 5.89. The molecule has 0 spiro atoms. The van der Waals surface area contributed by atoms with Crippen molar-refractivity contribution in [3.8, 4) is 0 Å². The van der Waals surface area contributed by atoms with Crippen LogP contribution in [-0.2, 0) is 9.59 Å². The first kappa shape index (κ1) is 29.2. The second kappa shape index (κ2) is 55.5. The molecule has 8 heteroatoms. The molecule has 16 heavy (non-hydrogen) atoms. The van der Waals surface area contributed by atoms with E-state index >= 15 is 0 Å². The van der Waals surface area contributed by atoms with Gasteiger partial charge >= 0.3 is 11.9 Å². The number of nitrogens with one attached hydrogen (secondary N) is 4. The minimum absolute atomic E-state index is 0.558. The fraction of sp³-hybridized carbons (Fsp3) is 0. The van der Waals surface area contributed by atoms with Gasteiger partial charge in [0.05, 0.1) is 0 Å². The van der Waals surface area contributed by atoms with E-state index in [1.54, 1.807) is 0 Å². The maximum Gasteiger partial charge on any atom is 0.328 e. The Morgan fingerprint density at radius 2 is 0.812 bits per heavy atom. The lowest BCUT2D eigenvalue weighted by molar-refractivity contribution is -0.134. The van der Waals surface area contributed by atoms with Crippen molar-refractivity contribution in [2.75, 3.05) is 0 Å². The topological polar surface area (TPSA) is 170 Å². The lowest BCUT2D eigenvalue weighted by Gasteiger charge is -1.74. The number of hydrogen-bond acceptors (Lipinski definition) is 6. The highest BCUT2D eigenvalue weighted by Crippen LogP contribution is 1.70. The zero-order chi connectivity index (χ0) is 14.6. The predicted octanol–water partition coefficient (Wildman–Crippen LogP) is 0.775. The molecule has 0 rings (SSSR count). The van der Waals surface area contributed by atoms with Gasteiger partial charge in [-0.25, -0.2) is 9.59 Å². The van der Waals surface area contributed by atoms with E-state index in [9.17, 15) is 9.59 Å². The van der Waals surface area contributed by atoms with Crippen LogP contribution in [0.5, 0.6) is 0 Å². The third-order valence-corrected chi connectivity index (χ3v) is 0.368. The summed E-state index contributed by atoms with van der Waals surface area (Å²) < 4.78 is 0. The van der Waals surface area contributed by atoms with Crippen LogP contribution in [-0.4, -0.2) is 49.0 Å². The SMILES string of the molecule is C=N.C=N.C=N.C=N.O=C(O)/C=C/C(=O)O. The fourth-order valence-corrected chi connectivity index (χ4v) is 0.143. The third kappa shape index (κ3) is 219. The van der Waals surface area contributed by atoms with E-state index in [2.05, 4.69) is 26.9 Å². The zero-order valence-electron chi connectivity index (χ0n) is 8.69. The van der Waals surface area contributed by atoms with Crippen molar-refractivity contribution in [1.82, 2.24) is 0 Å². The van der Waals surface area contributed by atoms with Crippen LogP contribution in [0.25, 0.3) is 0 Å². The van der Waals surface area contributed by atoms with Crippen LogP contribution in [0.2, 0.25) is 0 Å². The Balaban J connectivity index is -0.0000000426. The van der Waals surface area contributed by atoms with Crippen LogP contribution < -0.4 is 0 Å². The predicted molar refractivity (Wildman–Crippen MR) is 63.8 cm³/mol. The van der Waals surface area contributed by atoms with Gasteiger partial charge in [0.1, 0.15) is 0 Å². The summed E-state index contributed by atoms with van der Waals surface area (Å²) in [4.78, 5) is 19.1. The van der Waals surface area contributed by atoms with Gasteiger partial charge in [0.2, 0.25) is 0 Å². The molecule has 6 N–H and O–H groups in total. The maximum absolute atomic E-state index is 9.55. The summed E-state index contributed by atoms with van der Waals surface area (Å²) in [6.45, 7) is 10.0.